The number of amides is 2. The summed E-state index contributed by atoms with van der Waals surface area (Å²) in [6.07, 6.45) is 0.136. The van der Waals surface area contributed by atoms with Crippen molar-refractivity contribution in [3.05, 3.63) is 58.2 Å². The van der Waals surface area contributed by atoms with Crippen molar-refractivity contribution in [2.75, 3.05) is 5.32 Å². The number of aromatic nitrogens is 1. The van der Waals surface area contributed by atoms with Crippen LogP contribution >= 0.6 is 15.9 Å². The predicted molar refractivity (Wildman–Crippen MR) is 92.9 cm³/mol. The number of carbonyl (C=O) groups is 2. The van der Waals surface area contributed by atoms with Crippen LogP contribution in [0, 0.1) is 6.92 Å². The number of rotatable bonds is 5. The monoisotopic (exact) mass is 375 g/mol. The summed E-state index contributed by atoms with van der Waals surface area (Å²) in [6.45, 7) is 3.30. The van der Waals surface area contributed by atoms with Crippen molar-refractivity contribution in [1.29, 1.82) is 0 Å². The molecular weight excluding hydrogens is 358 g/mol. The van der Waals surface area contributed by atoms with Crippen LogP contribution < -0.4 is 10.6 Å². The van der Waals surface area contributed by atoms with Crippen molar-refractivity contribution in [1.82, 2.24) is 10.3 Å². The topological polar surface area (TPSA) is 71.1 Å². The van der Waals surface area contributed by atoms with Gasteiger partial charge in [0.1, 0.15) is 5.82 Å². The van der Waals surface area contributed by atoms with Crippen LogP contribution in [0.3, 0.4) is 0 Å². The van der Waals surface area contributed by atoms with E-state index in [1.54, 1.807) is 6.07 Å². The molecule has 5 nitrogen and oxygen atoms in total. The van der Waals surface area contributed by atoms with E-state index in [2.05, 4.69) is 31.5 Å². The first-order chi connectivity index (χ1) is 10.9. The molecule has 1 aromatic heterocycles. The molecule has 0 spiro atoms. The first-order valence-corrected chi connectivity index (χ1v) is 7.99. The first-order valence-electron chi connectivity index (χ1n) is 7.20. The number of hydrogen-bond acceptors (Lipinski definition) is 3. The average Bonchev–Trinajstić information content (AvgIpc) is 2.46. The minimum absolute atomic E-state index is 0.136. The van der Waals surface area contributed by atoms with Gasteiger partial charge < -0.3 is 10.6 Å². The third kappa shape index (κ3) is 5.49. The van der Waals surface area contributed by atoms with Crippen LogP contribution in [-0.2, 0) is 9.59 Å². The molecule has 1 heterocycles. The molecule has 0 fully saturated rings. The van der Waals surface area contributed by atoms with Crippen LogP contribution in [0.15, 0.2) is 46.9 Å². The normalized spacial score (nSPS) is 11.6. The Morgan fingerprint density at radius 2 is 1.87 bits per heavy atom. The molecule has 2 amide bonds. The number of nitrogens with zero attached hydrogens (tertiary/aromatic N) is 1. The number of pyridine rings is 1. The second kappa shape index (κ2) is 7.87. The standard InChI is InChI=1S/C17H18BrN3O2/c1-11-4-3-5-16(19-11)21-17(23)10-15(20-12(2)22)13-6-8-14(18)9-7-13/h3-9,15H,10H2,1-2H3,(H,20,22)(H,19,21,23)/t15-/m1/s1. The van der Waals surface area contributed by atoms with E-state index >= 15 is 0 Å². The molecule has 0 aliphatic heterocycles. The summed E-state index contributed by atoms with van der Waals surface area (Å²) in [6, 6.07) is 12.6. The molecule has 0 radical (unpaired) electrons. The van der Waals surface area contributed by atoms with Gasteiger partial charge in [0.2, 0.25) is 11.8 Å². The van der Waals surface area contributed by atoms with Crippen LogP contribution in [0.2, 0.25) is 0 Å². The number of nitrogens with one attached hydrogen (secondary N) is 2. The van der Waals surface area contributed by atoms with Crippen LogP contribution in [0.5, 0.6) is 0 Å². The van der Waals surface area contributed by atoms with Crippen molar-refractivity contribution in [3.63, 3.8) is 0 Å². The second-order valence-corrected chi connectivity index (χ2v) is 6.14. The van der Waals surface area contributed by atoms with Gasteiger partial charge in [0.15, 0.2) is 0 Å². The Hall–Kier alpha value is -2.21. The largest absolute Gasteiger partial charge is 0.349 e. The number of benzene rings is 1. The third-order valence-corrected chi connectivity index (χ3v) is 3.72. The lowest BCUT2D eigenvalue weighted by molar-refractivity contribution is -0.120. The molecule has 0 saturated heterocycles. The van der Waals surface area contributed by atoms with Gasteiger partial charge in [-0.15, -0.1) is 0 Å². The number of hydrogen-bond donors (Lipinski definition) is 2. The highest BCUT2D eigenvalue weighted by Gasteiger charge is 2.17. The maximum Gasteiger partial charge on any atom is 0.227 e. The summed E-state index contributed by atoms with van der Waals surface area (Å²) in [5.74, 6) is 0.122. The highest BCUT2D eigenvalue weighted by atomic mass is 79.9. The number of anilines is 1. The van der Waals surface area contributed by atoms with E-state index in [0.29, 0.717) is 5.82 Å². The second-order valence-electron chi connectivity index (χ2n) is 5.22. The summed E-state index contributed by atoms with van der Waals surface area (Å²) in [4.78, 5) is 27.9. The van der Waals surface area contributed by atoms with E-state index in [1.807, 2.05) is 43.3 Å². The molecule has 120 valence electrons. The summed E-state index contributed by atoms with van der Waals surface area (Å²) < 4.78 is 0.941. The van der Waals surface area contributed by atoms with Crippen LogP contribution in [-0.4, -0.2) is 16.8 Å². The summed E-state index contributed by atoms with van der Waals surface area (Å²) >= 11 is 3.37. The molecule has 1 aromatic carbocycles. The Labute approximate surface area is 143 Å². The zero-order valence-corrected chi connectivity index (χ0v) is 14.6. The third-order valence-electron chi connectivity index (χ3n) is 3.20. The molecular formula is C17H18BrN3O2. The Morgan fingerprint density at radius 3 is 2.48 bits per heavy atom. The van der Waals surface area contributed by atoms with Gasteiger partial charge in [0, 0.05) is 17.1 Å². The van der Waals surface area contributed by atoms with Crippen molar-refractivity contribution < 1.29 is 9.59 Å². The molecule has 2 aromatic rings. The van der Waals surface area contributed by atoms with E-state index in [0.717, 1.165) is 15.7 Å². The number of carbonyl (C=O) groups excluding carboxylic acids is 2. The van der Waals surface area contributed by atoms with E-state index in [9.17, 15) is 9.59 Å². The molecule has 23 heavy (non-hydrogen) atoms. The van der Waals surface area contributed by atoms with Crippen molar-refractivity contribution in [2.45, 2.75) is 26.3 Å². The molecule has 2 rings (SSSR count). The fourth-order valence-electron chi connectivity index (χ4n) is 2.18. The highest BCUT2D eigenvalue weighted by Crippen LogP contribution is 2.20. The molecule has 1 atom stereocenters. The highest BCUT2D eigenvalue weighted by molar-refractivity contribution is 9.10. The van der Waals surface area contributed by atoms with E-state index in [1.165, 1.54) is 6.92 Å². The van der Waals surface area contributed by atoms with Crippen LogP contribution in [0.1, 0.15) is 30.6 Å². The Bertz CT molecular complexity index is 701. The quantitative estimate of drug-likeness (QED) is 0.841. The molecule has 0 unspecified atom stereocenters. The lowest BCUT2D eigenvalue weighted by Gasteiger charge is -2.18. The predicted octanol–water partition coefficient (Wildman–Crippen LogP) is 3.36. The van der Waals surface area contributed by atoms with Crippen LogP contribution in [0.4, 0.5) is 5.82 Å². The van der Waals surface area contributed by atoms with Gasteiger partial charge in [0.05, 0.1) is 12.5 Å². The summed E-state index contributed by atoms with van der Waals surface area (Å²) in [5.41, 5.74) is 1.70. The molecule has 0 aliphatic rings. The molecule has 0 aliphatic carbocycles. The fraction of sp³-hybridized carbons (Fsp3) is 0.235. The average molecular weight is 376 g/mol. The summed E-state index contributed by atoms with van der Waals surface area (Å²) in [5, 5.41) is 5.57. The smallest absolute Gasteiger partial charge is 0.227 e. The molecule has 0 saturated carbocycles. The zero-order chi connectivity index (χ0) is 16.8. The Balaban J connectivity index is 2.09. The lowest BCUT2D eigenvalue weighted by Crippen LogP contribution is -2.29. The van der Waals surface area contributed by atoms with Crippen molar-refractivity contribution in [2.24, 2.45) is 0 Å². The zero-order valence-electron chi connectivity index (χ0n) is 13.0. The number of aryl methyl sites for hydroxylation is 1. The molecule has 2 N–H and O–H groups in total. The summed E-state index contributed by atoms with van der Waals surface area (Å²) in [7, 11) is 0. The maximum atomic E-state index is 12.2. The Kier molecular flexibility index (Phi) is 5.87. The minimum atomic E-state index is -0.384. The maximum absolute atomic E-state index is 12.2. The van der Waals surface area contributed by atoms with Crippen molar-refractivity contribution >= 4 is 33.6 Å². The van der Waals surface area contributed by atoms with Gasteiger partial charge in [-0.1, -0.05) is 34.1 Å². The number of halogens is 1. The van der Waals surface area contributed by atoms with Gasteiger partial charge in [-0.25, -0.2) is 4.98 Å². The van der Waals surface area contributed by atoms with Gasteiger partial charge in [-0.3, -0.25) is 9.59 Å². The van der Waals surface area contributed by atoms with Crippen molar-refractivity contribution in [3.8, 4) is 0 Å². The fourth-order valence-corrected chi connectivity index (χ4v) is 2.45. The van der Waals surface area contributed by atoms with E-state index < -0.39 is 0 Å². The van der Waals surface area contributed by atoms with Gasteiger partial charge >= 0.3 is 0 Å². The SMILES string of the molecule is CC(=O)N[C@H](CC(=O)Nc1cccc(C)n1)c1ccc(Br)cc1. The van der Waals surface area contributed by atoms with E-state index in [-0.39, 0.29) is 24.3 Å². The van der Waals surface area contributed by atoms with Gasteiger partial charge in [0.25, 0.3) is 0 Å². The first kappa shape index (κ1) is 17.1. The van der Waals surface area contributed by atoms with Gasteiger partial charge in [-0.05, 0) is 36.8 Å². The van der Waals surface area contributed by atoms with Crippen LogP contribution in [0.25, 0.3) is 0 Å². The lowest BCUT2D eigenvalue weighted by atomic mass is 10.0. The minimum Gasteiger partial charge on any atom is -0.349 e. The molecule has 0 bridgehead atoms. The van der Waals surface area contributed by atoms with E-state index in [4.69, 9.17) is 0 Å². The van der Waals surface area contributed by atoms with Gasteiger partial charge in [-0.2, -0.15) is 0 Å². The molecule has 6 heteroatoms. The Morgan fingerprint density at radius 1 is 1.17 bits per heavy atom.